The van der Waals surface area contributed by atoms with Gasteiger partial charge >= 0.3 is 0 Å². The van der Waals surface area contributed by atoms with Crippen molar-refractivity contribution in [1.82, 2.24) is 9.80 Å². The minimum Gasteiger partial charge on any atom is -0.388 e. The zero-order valence-electron chi connectivity index (χ0n) is 13.5. The Kier molecular flexibility index (Phi) is 5.71. The number of nitrogens with zero attached hydrogens (tertiary/aromatic N) is 2. The molecule has 0 saturated carbocycles. The van der Waals surface area contributed by atoms with Gasteiger partial charge in [0.05, 0.1) is 18.4 Å². The average molecular weight is 322 g/mol. The third-order valence-corrected chi connectivity index (χ3v) is 4.17. The van der Waals surface area contributed by atoms with E-state index in [0.29, 0.717) is 18.7 Å². The van der Waals surface area contributed by atoms with Crippen LogP contribution in [-0.4, -0.2) is 53.9 Å². The number of halogens is 1. The van der Waals surface area contributed by atoms with Crippen LogP contribution in [0.4, 0.5) is 4.39 Å². The van der Waals surface area contributed by atoms with E-state index < -0.39 is 11.9 Å². The van der Waals surface area contributed by atoms with Crippen molar-refractivity contribution in [2.75, 3.05) is 27.2 Å². The number of amides is 2. The van der Waals surface area contributed by atoms with E-state index in [9.17, 15) is 19.1 Å². The van der Waals surface area contributed by atoms with Crippen molar-refractivity contribution >= 4 is 11.8 Å². The van der Waals surface area contributed by atoms with Crippen molar-refractivity contribution in [3.05, 3.63) is 35.6 Å². The lowest BCUT2D eigenvalue weighted by Gasteiger charge is -2.33. The number of aliphatic hydroxyl groups is 1. The highest BCUT2D eigenvalue weighted by Gasteiger charge is 2.30. The standard InChI is InChI=1S/C17H23FN2O3/c1-19(2)17(23)13-6-4-8-20(11-13)16(22)10-15(21)12-5-3-7-14(18)9-12/h3,5,7,9,13,15,21H,4,6,8,10-11H2,1-2H3. The minimum atomic E-state index is -1.04. The van der Waals surface area contributed by atoms with Gasteiger partial charge in [-0.15, -0.1) is 0 Å². The summed E-state index contributed by atoms with van der Waals surface area (Å²) in [4.78, 5) is 27.6. The van der Waals surface area contributed by atoms with Crippen LogP contribution in [0.3, 0.4) is 0 Å². The molecule has 1 N–H and O–H groups in total. The third-order valence-electron chi connectivity index (χ3n) is 4.17. The van der Waals surface area contributed by atoms with Crippen molar-refractivity contribution in [2.24, 2.45) is 5.92 Å². The number of aliphatic hydroxyl groups excluding tert-OH is 1. The number of hydrogen-bond donors (Lipinski definition) is 1. The van der Waals surface area contributed by atoms with Crippen LogP contribution in [0.2, 0.25) is 0 Å². The van der Waals surface area contributed by atoms with Gasteiger partial charge in [0.15, 0.2) is 0 Å². The van der Waals surface area contributed by atoms with Gasteiger partial charge < -0.3 is 14.9 Å². The lowest BCUT2D eigenvalue weighted by molar-refractivity contribution is -0.140. The summed E-state index contributed by atoms with van der Waals surface area (Å²) >= 11 is 0. The van der Waals surface area contributed by atoms with E-state index in [4.69, 9.17) is 0 Å². The van der Waals surface area contributed by atoms with Gasteiger partial charge in [0.2, 0.25) is 11.8 Å². The quantitative estimate of drug-likeness (QED) is 0.915. The van der Waals surface area contributed by atoms with Crippen LogP contribution < -0.4 is 0 Å². The molecule has 23 heavy (non-hydrogen) atoms. The number of likely N-dealkylation sites (tertiary alicyclic amines) is 1. The second-order valence-electron chi connectivity index (χ2n) is 6.19. The Morgan fingerprint density at radius 2 is 2.17 bits per heavy atom. The van der Waals surface area contributed by atoms with Crippen LogP contribution in [0, 0.1) is 11.7 Å². The summed E-state index contributed by atoms with van der Waals surface area (Å²) in [5, 5.41) is 10.1. The molecule has 1 fully saturated rings. The van der Waals surface area contributed by atoms with Gasteiger partial charge in [-0.3, -0.25) is 9.59 Å². The Morgan fingerprint density at radius 3 is 2.83 bits per heavy atom. The Bertz CT molecular complexity index is 577. The van der Waals surface area contributed by atoms with E-state index in [-0.39, 0.29) is 24.2 Å². The van der Waals surface area contributed by atoms with Crippen molar-refractivity contribution in [3.63, 3.8) is 0 Å². The van der Waals surface area contributed by atoms with Gasteiger partial charge in [0.1, 0.15) is 5.82 Å². The molecular formula is C17H23FN2O3. The van der Waals surface area contributed by atoms with Gasteiger partial charge in [0, 0.05) is 27.2 Å². The minimum absolute atomic E-state index is 0.0215. The SMILES string of the molecule is CN(C)C(=O)C1CCCN(C(=O)CC(O)c2cccc(F)c2)C1. The Hall–Kier alpha value is -1.95. The van der Waals surface area contributed by atoms with E-state index in [0.717, 1.165) is 12.8 Å². The first kappa shape index (κ1) is 17.4. The lowest BCUT2D eigenvalue weighted by Crippen LogP contribution is -2.45. The van der Waals surface area contributed by atoms with E-state index in [1.807, 2.05) is 0 Å². The molecule has 0 aromatic heterocycles. The predicted molar refractivity (Wildman–Crippen MR) is 84.0 cm³/mol. The smallest absolute Gasteiger partial charge is 0.226 e. The summed E-state index contributed by atoms with van der Waals surface area (Å²) in [5.74, 6) is -0.816. The van der Waals surface area contributed by atoms with Crippen molar-refractivity contribution in [1.29, 1.82) is 0 Å². The fraction of sp³-hybridized carbons (Fsp3) is 0.529. The maximum absolute atomic E-state index is 13.2. The molecule has 1 aliphatic heterocycles. The summed E-state index contributed by atoms with van der Waals surface area (Å²) in [5.41, 5.74) is 0.385. The Labute approximate surface area is 135 Å². The van der Waals surface area contributed by atoms with Crippen LogP contribution >= 0.6 is 0 Å². The second kappa shape index (κ2) is 7.55. The maximum Gasteiger partial charge on any atom is 0.226 e. The molecule has 1 aromatic rings. The van der Waals surface area contributed by atoms with E-state index in [2.05, 4.69) is 0 Å². The molecule has 2 unspecified atom stereocenters. The number of carbonyl (C=O) groups excluding carboxylic acids is 2. The molecule has 1 saturated heterocycles. The van der Waals surface area contributed by atoms with Crippen molar-refractivity contribution < 1.29 is 19.1 Å². The van der Waals surface area contributed by atoms with Gasteiger partial charge in [-0.2, -0.15) is 0 Å². The van der Waals surface area contributed by atoms with Crippen molar-refractivity contribution in [3.8, 4) is 0 Å². The van der Waals surface area contributed by atoms with E-state index >= 15 is 0 Å². The lowest BCUT2D eigenvalue weighted by atomic mass is 9.96. The molecule has 2 rings (SSSR count). The van der Waals surface area contributed by atoms with Gasteiger partial charge in [-0.1, -0.05) is 12.1 Å². The zero-order valence-corrected chi connectivity index (χ0v) is 13.5. The summed E-state index contributed by atoms with van der Waals surface area (Å²) < 4.78 is 13.2. The molecule has 126 valence electrons. The number of hydrogen-bond acceptors (Lipinski definition) is 3. The maximum atomic E-state index is 13.2. The highest BCUT2D eigenvalue weighted by Crippen LogP contribution is 2.22. The number of benzene rings is 1. The molecule has 2 atom stereocenters. The summed E-state index contributed by atoms with van der Waals surface area (Å²) in [7, 11) is 3.41. The van der Waals surface area contributed by atoms with E-state index in [1.54, 1.807) is 30.0 Å². The Balaban J connectivity index is 1.96. The van der Waals surface area contributed by atoms with Crippen LogP contribution in [-0.2, 0) is 9.59 Å². The number of rotatable bonds is 4. The highest BCUT2D eigenvalue weighted by atomic mass is 19.1. The summed E-state index contributed by atoms with van der Waals surface area (Å²) in [6, 6.07) is 5.62. The molecule has 1 heterocycles. The Morgan fingerprint density at radius 1 is 1.43 bits per heavy atom. The van der Waals surface area contributed by atoms with Crippen LogP contribution in [0.15, 0.2) is 24.3 Å². The molecule has 0 aliphatic carbocycles. The summed E-state index contributed by atoms with van der Waals surface area (Å²) in [6.45, 7) is 0.970. The van der Waals surface area contributed by atoms with Crippen LogP contribution in [0.1, 0.15) is 30.9 Å². The molecule has 0 bridgehead atoms. The van der Waals surface area contributed by atoms with Gasteiger partial charge in [0.25, 0.3) is 0 Å². The largest absolute Gasteiger partial charge is 0.388 e. The number of carbonyl (C=O) groups is 2. The van der Waals surface area contributed by atoms with Crippen LogP contribution in [0.5, 0.6) is 0 Å². The van der Waals surface area contributed by atoms with Gasteiger partial charge in [-0.25, -0.2) is 4.39 Å². The first-order chi connectivity index (χ1) is 10.9. The molecule has 5 nitrogen and oxygen atoms in total. The first-order valence-electron chi connectivity index (χ1n) is 7.81. The molecule has 2 amide bonds. The molecule has 0 spiro atoms. The van der Waals surface area contributed by atoms with Gasteiger partial charge in [-0.05, 0) is 30.5 Å². The predicted octanol–water partition coefficient (Wildman–Crippen LogP) is 1.58. The second-order valence-corrected chi connectivity index (χ2v) is 6.19. The molecular weight excluding hydrogens is 299 g/mol. The summed E-state index contributed by atoms with van der Waals surface area (Å²) in [6.07, 6.45) is 0.397. The van der Waals surface area contributed by atoms with Crippen molar-refractivity contribution in [2.45, 2.75) is 25.4 Å². The third kappa shape index (κ3) is 4.51. The first-order valence-corrected chi connectivity index (χ1v) is 7.81. The molecule has 6 heteroatoms. The number of piperidine rings is 1. The fourth-order valence-electron chi connectivity index (χ4n) is 2.90. The molecule has 1 aromatic carbocycles. The zero-order chi connectivity index (χ0) is 17.0. The normalized spacial score (nSPS) is 19.3. The molecule has 0 radical (unpaired) electrons. The molecule has 1 aliphatic rings. The fourth-order valence-corrected chi connectivity index (χ4v) is 2.90. The van der Waals surface area contributed by atoms with Crippen LogP contribution in [0.25, 0.3) is 0 Å². The highest BCUT2D eigenvalue weighted by molar-refractivity contribution is 5.81. The monoisotopic (exact) mass is 322 g/mol. The van der Waals surface area contributed by atoms with E-state index in [1.165, 1.54) is 18.2 Å². The topological polar surface area (TPSA) is 60.9 Å². The average Bonchev–Trinajstić information content (AvgIpc) is 2.54.